The highest BCUT2D eigenvalue weighted by molar-refractivity contribution is 5.94. The van der Waals surface area contributed by atoms with Crippen molar-refractivity contribution in [3.8, 4) is 11.4 Å². The zero-order chi connectivity index (χ0) is 19.7. The van der Waals surface area contributed by atoms with E-state index in [1.807, 2.05) is 57.3 Å². The quantitative estimate of drug-likeness (QED) is 0.594. The molecule has 1 atom stereocenters. The van der Waals surface area contributed by atoms with Gasteiger partial charge < -0.3 is 5.32 Å². The van der Waals surface area contributed by atoms with Gasteiger partial charge in [0.15, 0.2) is 5.82 Å². The molecule has 140 valence electrons. The maximum atomic E-state index is 12.9. The highest BCUT2D eigenvalue weighted by Crippen LogP contribution is 2.20. The molecular weight excluding hydrogens is 352 g/mol. The Morgan fingerprint density at radius 2 is 1.86 bits per heavy atom. The number of nitrogens with zero attached hydrogens (tertiary/aromatic N) is 5. The van der Waals surface area contributed by atoms with E-state index in [1.54, 1.807) is 23.0 Å². The van der Waals surface area contributed by atoms with Crippen LogP contribution in [0.3, 0.4) is 0 Å². The molecule has 1 amide bonds. The standard InChI is InChI=1S/C21H20N6O/c1-13-17(12-23-20(25-13)16-7-9-22-10-8-16)14(2)26-21(28)19-15(3)24-18-6-4-5-11-27(18)19/h4-12,14H,1-3H3,(H,26,28). The lowest BCUT2D eigenvalue weighted by Gasteiger charge is -2.16. The van der Waals surface area contributed by atoms with Crippen molar-refractivity contribution in [2.24, 2.45) is 0 Å². The Morgan fingerprint density at radius 1 is 1.07 bits per heavy atom. The van der Waals surface area contributed by atoms with Crippen molar-refractivity contribution >= 4 is 11.6 Å². The number of hydrogen-bond acceptors (Lipinski definition) is 5. The van der Waals surface area contributed by atoms with E-state index in [0.717, 1.165) is 22.5 Å². The maximum Gasteiger partial charge on any atom is 0.270 e. The van der Waals surface area contributed by atoms with Crippen molar-refractivity contribution in [3.63, 3.8) is 0 Å². The van der Waals surface area contributed by atoms with Crippen LogP contribution in [0.4, 0.5) is 0 Å². The molecule has 4 aromatic heterocycles. The van der Waals surface area contributed by atoms with Gasteiger partial charge in [-0.1, -0.05) is 6.07 Å². The first kappa shape index (κ1) is 17.8. The molecule has 0 aliphatic carbocycles. The molecule has 0 fully saturated rings. The zero-order valence-electron chi connectivity index (χ0n) is 15.9. The molecule has 0 spiro atoms. The van der Waals surface area contributed by atoms with Gasteiger partial charge in [-0.25, -0.2) is 15.0 Å². The summed E-state index contributed by atoms with van der Waals surface area (Å²) in [5.41, 5.74) is 4.58. The van der Waals surface area contributed by atoms with Crippen molar-refractivity contribution in [2.75, 3.05) is 0 Å². The van der Waals surface area contributed by atoms with Crippen LogP contribution in [-0.4, -0.2) is 30.2 Å². The number of carbonyl (C=O) groups excluding carboxylic acids is 1. The van der Waals surface area contributed by atoms with E-state index in [-0.39, 0.29) is 11.9 Å². The average molecular weight is 372 g/mol. The Hall–Kier alpha value is -3.61. The van der Waals surface area contributed by atoms with Crippen LogP contribution in [0.2, 0.25) is 0 Å². The summed E-state index contributed by atoms with van der Waals surface area (Å²) in [6.07, 6.45) is 7.03. The van der Waals surface area contributed by atoms with Crippen LogP contribution in [0, 0.1) is 13.8 Å². The summed E-state index contributed by atoms with van der Waals surface area (Å²) < 4.78 is 1.80. The second-order valence-corrected chi connectivity index (χ2v) is 6.64. The number of pyridine rings is 2. The van der Waals surface area contributed by atoms with E-state index in [4.69, 9.17) is 0 Å². The maximum absolute atomic E-state index is 12.9. The molecule has 7 nitrogen and oxygen atoms in total. The van der Waals surface area contributed by atoms with Gasteiger partial charge >= 0.3 is 0 Å². The lowest BCUT2D eigenvalue weighted by atomic mass is 10.1. The molecule has 7 heteroatoms. The Balaban J connectivity index is 1.59. The van der Waals surface area contributed by atoms with Crippen molar-refractivity contribution < 1.29 is 4.79 Å². The molecule has 4 rings (SSSR count). The molecule has 0 aliphatic rings. The SMILES string of the molecule is Cc1nc(-c2ccncc2)ncc1C(C)NC(=O)c1c(C)nc2ccccn12. The van der Waals surface area contributed by atoms with E-state index in [2.05, 4.69) is 25.3 Å². The van der Waals surface area contributed by atoms with Crippen LogP contribution < -0.4 is 5.32 Å². The highest BCUT2D eigenvalue weighted by Gasteiger charge is 2.20. The highest BCUT2D eigenvalue weighted by atomic mass is 16.2. The molecule has 28 heavy (non-hydrogen) atoms. The molecule has 4 aromatic rings. The lowest BCUT2D eigenvalue weighted by molar-refractivity contribution is 0.0933. The molecule has 1 N–H and O–H groups in total. The smallest absolute Gasteiger partial charge is 0.270 e. The molecule has 0 saturated heterocycles. The second kappa shape index (κ2) is 7.19. The minimum atomic E-state index is -0.243. The predicted molar refractivity (Wildman–Crippen MR) is 106 cm³/mol. The third-order valence-electron chi connectivity index (χ3n) is 4.69. The van der Waals surface area contributed by atoms with Gasteiger partial charge in [0.25, 0.3) is 5.91 Å². The van der Waals surface area contributed by atoms with Crippen LogP contribution in [0.15, 0.2) is 55.1 Å². The number of aryl methyl sites for hydroxylation is 2. The number of carbonyl (C=O) groups is 1. The van der Waals surface area contributed by atoms with Gasteiger partial charge in [0.2, 0.25) is 0 Å². The predicted octanol–water partition coefficient (Wildman–Crippen LogP) is 3.29. The summed E-state index contributed by atoms with van der Waals surface area (Å²) in [6.45, 7) is 5.68. The van der Waals surface area contributed by atoms with E-state index in [1.165, 1.54) is 0 Å². The van der Waals surface area contributed by atoms with Crippen LogP contribution in [0.25, 0.3) is 17.0 Å². The van der Waals surface area contributed by atoms with E-state index >= 15 is 0 Å². The Bertz CT molecular complexity index is 1150. The molecule has 1 unspecified atom stereocenters. The molecule has 0 aromatic carbocycles. The number of hydrogen-bond donors (Lipinski definition) is 1. The number of imidazole rings is 1. The fourth-order valence-electron chi connectivity index (χ4n) is 3.27. The minimum absolute atomic E-state index is 0.179. The van der Waals surface area contributed by atoms with Gasteiger partial charge in [0.05, 0.1) is 11.7 Å². The lowest BCUT2D eigenvalue weighted by Crippen LogP contribution is -2.29. The van der Waals surface area contributed by atoms with Gasteiger partial charge in [0, 0.05) is 41.6 Å². The number of fused-ring (bicyclic) bond motifs is 1. The van der Waals surface area contributed by atoms with Crippen LogP contribution in [-0.2, 0) is 0 Å². The number of amides is 1. The van der Waals surface area contributed by atoms with Gasteiger partial charge in [-0.2, -0.15) is 0 Å². The van der Waals surface area contributed by atoms with Crippen molar-refractivity contribution in [3.05, 3.63) is 77.8 Å². The normalized spacial score (nSPS) is 12.1. The summed E-state index contributed by atoms with van der Waals surface area (Å²) in [4.78, 5) is 30.4. The van der Waals surface area contributed by atoms with Crippen LogP contribution in [0.5, 0.6) is 0 Å². The summed E-state index contributed by atoms with van der Waals surface area (Å²) in [5.74, 6) is 0.459. The van der Waals surface area contributed by atoms with E-state index in [9.17, 15) is 4.79 Å². The fourth-order valence-corrected chi connectivity index (χ4v) is 3.27. The van der Waals surface area contributed by atoms with Gasteiger partial charge in [-0.15, -0.1) is 0 Å². The minimum Gasteiger partial charge on any atom is -0.344 e. The molecule has 0 saturated carbocycles. The first-order valence-corrected chi connectivity index (χ1v) is 9.03. The Morgan fingerprint density at radius 3 is 2.61 bits per heavy atom. The molecule has 0 radical (unpaired) electrons. The number of nitrogens with one attached hydrogen (secondary N) is 1. The van der Waals surface area contributed by atoms with Gasteiger partial charge in [0.1, 0.15) is 11.3 Å². The monoisotopic (exact) mass is 372 g/mol. The fraction of sp³-hybridized carbons (Fsp3) is 0.190. The molecule has 0 bridgehead atoms. The van der Waals surface area contributed by atoms with E-state index < -0.39 is 0 Å². The number of aromatic nitrogens is 5. The van der Waals surface area contributed by atoms with Crippen molar-refractivity contribution in [1.82, 2.24) is 29.7 Å². The Labute approximate surface area is 162 Å². The molecule has 4 heterocycles. The number of rotatable bonds is 4. The zero-order valence-corrected chi connectivity index (χ0v) is 15.9. The van der Waals surface area contributed by atoms with Gasteiger partial charge in [-0.05, 0) is 45.0 Å². The first-order chi connectivity index (χ1) is 13.5. The topological polar surface area (TPSA) is 85.1 Å². The third kappa shape index (κ3) is 3.22. The Kier molecular flexibility index (Phi) is 4.57. The summed E-state index contributed by atoms with van der Waals surface area (Å²) in [7, 11) is 0. The van der Waals surface area contributed by atoms with Crippen LogP contribution >= 0.6 is 0 Å². The van der Waals surface area contributed by atoms with Crippen LogP contribution in [0.1, 0.15) is 40.4 Å². The summed E-state index contributed by atoms with van der Waals surface area (Å²) in [5, 5.41) is 3.04. The molecular formula is C21H20N6O. The second-order valence-electron chi connectivity index (χ2n) is 6.64. The van der Waals surface area contributed by atoms with Crippen molar-refractivity contribution in [1.29, 1.82) is 0 Å². The van der Waals surface area contributed by atoms with Gasteiger partial charge in [-0.3, -0.25) is 14.2 Å². The largest absolute Gasteiger partial charge is 0.344 e. The third-order valence-corrected chi connectivity index (χ3v) is 4.69. The summed E-state index contributed by atoms with van der Waals surface area (Å²) in [6, 6.07) is 9.15. The molecule has 0 aliphatic heterocycles. The van der Waals surface area contributed by atoms with E-state index in [0.29, 0.717) is 17.2 Å². The summed E-state index contributed by atoms with van der Waals surface area (Å²) >= 11 is 0. The van der Waals surface area contributed by atoms with Crippen molar-refractivity contribution in [2.45, 2.75) is 26.8 Å². The average Bonchev–Trinajstić information content (AvgIpc) is 3.04. The first-order valence-electron chi connectivity index (χ1n) is 9.03.